The van der Waals surface area contributed by atoms with Crippen LogP contribution < -0.4 is 0 Å². The number of hydrogen-bond donors (Lipinski definition) is 2. The summed E-state index contributed by atoms with van der Waals surface area (Å²) in [6, 6.07) is 15.3. The Labute approximate surface area is 246 Å². The van der Waals surface area contributed by atoms with Crippen LogP contribution in [-0.2, 0) is 22.8 Å². The summed E-state index contributed by atoms with van der Waals surface area (Å²) in [5.41, 5.74) is -3.85. The third-order valence-electron chi connectivity index (χ3n) is 5.39. The maximum atomic E-state index is 14.0. The summed E-state index contributed by atoms with van der Waals surface area (Å²) in [5, 5.41) is 8.23. The van der Waals surface area contributed by atoms with E-state index in [1.165, 1.54) is 28.9 Å². The summed E-state index contributed by atoms with van der Waals surface area (Å²) in [5.74, 6) is 0. The van der Waals surface area contributed by atoms with Gasteiger partial charge in [0.15, 0.2) is 0 Å². The molecule has 14 heteroatoms. The number of benzene rings is 3. The van der Waals surface area contributed by atoms with Gasteiger partial charge in [-0.15, -0.1) is 5.10 Å². The van der Waals surface area contributed by atoms with E-state index in [0.29, 0.717) is 22.2 Å². The molecule has 0 aliphatic rings. The molecule has 1 atom stereocenters. The van der Waals surface area contributed by atoms with E-state index in [1.54, 1.807) is 24.3 Å². The molecule has 36 heavy (non-hydrogen) atoms. The molecule has 0 bridgehead atoms. The Kier molecular flexibility index (Phi) is 10.1. The molecule has 0 aliphatic carbocycles. The van der Waals surface area contributed by atoms with Gasteiger partial charge in [0.2, 0.25) is 0 Å². The summed E-state index contributed by atoms with van der Waals surface area (Å²) in [6.45, 7) is 0. The molecule has 0 saturated carbocycles. The van der Waals surface area contributed by atoms with Crippen LogP contribution in [0.4, 0.5) is 22.0 Å². The Morgan fingerprint density at radius 2 is 1.39 bits per heavy atom. The van der Waals surface area contributed by atoms with Crippen molar-refractivity contribution in [1.82, 2.24) is 15.0 Å². The number of nitrogens with zero attached hydrogens (tertiary/aromatic N) is 3. The molecule has 0 radical (unpaired) electrons. The third kappa shape index (κ3) is 6.46. The van der Waals surface area contributed by atoms with Crippen molar-refractivity contribution in [2.24, 2.45) is 0 Å². The summed E-state index contributed by atoms with van der Waals surface area (Å²) >= 11 is 0. The van der Waals surface area contributed by atoms with E-state index in [4.69, 9.17) is 9.79 Å². The van der Waals surface area contributed by atoms with Gasteiger partial charge in [0, 0.05) is 5.56 Å². The zero-order chi connectivity index (χ0) is 24.7. The van der Waals surface area contributed by atoms with Crippen LogP contribution in [0, 0.1) is 0 Å². The van der Waals surface area contributed by atoms with Gasteiger partial charge in [0.25, 0.3) is 0 Å². The van der Waals surface area contributed by atoms with Crippen LogP contribution in [-0.4, -0.2) is 83.9 Å². The second-order valence-electron chi connectivity index (χ2n) is 7.64. The number of aromatic nitrogens is 3. The average Bonchev–Trinajstić information content (AvgIpc) is 3.20. The maximum absolute atomic E-state index is 14.0. The first-order valence-electron chi connectivity index (χ1n) is 9.88. The summed E-state index contributed by atoms with van der Waals surface area (Å²) in [6.07, 6.45) is -4.37. The number of fused-ring (bicyclic) bond motifs is 1. The van der Waals surface area contributed by atoms with Gasteiger partial charge in [-0.3, -0.25) is 4.57 Å². The van der Waals surface area contributed by atoms with Gasteiger partial charge in [-0.05, 0) is 41.8 Å². The molecule has 1 aromatic heterocycles. The summed E-state index contributed by atoms with van der Waals surface area (Å²) in [7, 11) is -5.71. The molecule has 1 unspecified atom stereocenters. The Hall–Kier alpha value is -1.14. The van der Waals surface area contributed by atoms with E-state index in [1.807, 2.05) is 0 Å². The molecule has 1 heterocycles. The zero-order valence-electron chi connectivity index (χ0n) is 17.2. The zero-order valence-corrected chi connectivity index (χ0v) is 18.1. The minimum atomic E-state index is -5.71. The summed E-state index contributed by atoms with van der Waals surface area (Å²) < 4.78 is 79.7. The number of para-hydroxylation sites is 1. The second kappa shape index (κ2) is 11.7. The SMILES string of the molecule is O=P(O)(O)C(F)(F)c1ccc(CC(c2ccc(C(F)(F)F)cc2)n2nnc3ccccc32)cc1.[NaH].[NaH]. The van der Waals surface area contributed by atoms with Gasteiger partial charge in [-0.1, -0.05) is 53.7 Å². The first-order chi connectivity index (χ1) is 15.9. The standard InChI is InChI=1S/C22H17F5N3O3P.2Na.2H/c23-21(24,25)16-11-7-15(8-12-16)20(30-19-4-2-1-3-18(19)28-29-30)13-14-5-9-17(10-6-14)22(26,27)34(31,32)33;;;;/h1-12,20H,13H2,(H2,31,32,33);;;;. The minimum absolute atomic E-state index is 0. The number of halogens is 5. The molecule has 0 amide bonds. The molecular weight excluding hydrogens is 526 g/mol. The number of hydrogen-bond acceptors (Lipinski definition) is 3. The van der Waals surface area contributed by atoms with Crippen molar-refractivity contribution in [3.8, 4) is 0 Å². The van der Waals surface area contributed by atoms with Crippen LogP contribution >= 0.6 is 7.60 Å². The molecule has 182 valence electrons. The van der Waals surface area contributed by atoms with Crippen molar-refractivity contribution < 1.29 is 36.3 Å². The Morgan fingerprint density at radius 3 is 1.94 bits per heavy atom. The van der Waals surface area contributed by atoms with Crippen molar-refractivity contribution in [3.05, 3.63) is 95.1 Å². The fraction of sp³-hybridized carbons (Fsp3) is 0.182. The van der Waals surface area contributed by atoms with Crippen LogP contribution in [0.3, 0.4) is 0 Å². The van der Waals surface area contributed by atoms with E-state index in [-0.39, 0.29) is 65.5 Å². The molecule has 2 N–H and O–H groups in total. The van der Waals surface area contributed by atoms with E-state index in [9.17, 15) is 26.5 Å². The van der Waals surface area contributed by atoms with Gasteiger partial charge in [0.1, 0.15) is 5.52 Å². The topological polar surface area (TPSA) is 88.2 Å². The summed E-state index contributed by atoms with van der Waals surface area (Å²) in [4.78, 5) is 17.9. The van der Waals surface area contributed by atoms with Gasteiger partial charge >= 0.3 is 78.6 Å². The van der Waals surface area contributed by atoms with E-state index >= 15 is 0 Å². The fourth-order valence-corrected chi connectivity index (χ4v) is 4.08. The van der Waals surface area contributed by atoms with Crippen molar-refractivity contribution in [3.63, 3.8) is 0 Å². The molecular formula is C22H19F5N3Na2O3P. The second-order valence-corrected chi connectivity index (χ2v) is 9.29. The molecule has 6 nitrogen and oxygen atoms in total. The Morgan fingerprint density at radius 1 is 0.833 bits per heavy atom. The van der Waals surface area contributed by atoms with Gasteiger partial charge in [-0.25, -0.2) is 4.68 Å². The monoisotopic (exact) mass is 545 g/mol. The van der Waals surface area contributed by atoms with E-state index < -0.39 is 36.6 Å². The Balaban J connectivity index is 0.00000228. The van der Waals surface area contributed by atoms with Crippen molar-refractivity contribution in [1.29, 1.82) is 0 Å². The van der Waals surface area contributed by atoms with Crippen LogP contribution in [0.15, 0.2) is 72.8 Å². The predicted molar refractivity (Wildman–Crippen MR) is 127 cm³/mol. The van der Waals surface area contributed by atoms with Crippen LogP contribution in [0.5, 0.6) is 0 Å². The number of rotatable bonds is 6. The van der Waals surface area contributed by atoms with E-state index in [2.05, 4.69) is 10.3 Å². The van der Waals surface area contributed by atoms with Crippen molar-refractivity contribution in [2.45, 2.75) is 24.3 Å². The molecule has 4 rings (SSSR count). The molecule has 0 fully saturated rings. The number of alkyl halides is 5. The van der Waals surface area contributed by atoms with Gasteiger partial charge in [0.05, 0.1) is 17.1 Å². The van der Waals surface area contributed by atoms with Gasteiger partial charge in [-0.2, -0.15) is 22.0 Å². The molecule has 0 aliphatic heterocycles. The first kappa shape index (κ1) is 31.1. The van der Waals surface area contributed by atoms with Crippen LogP contribution in [0.1, 0.15) is 28.3 Å². The molecule has 4 aromatic rings. The van der Waals surface area contributed by atoms with Crippen molar-refractivity contribution in [2.75, 3.05) is 0 Å². The molecule has 0 spiro atoms. The molecule has 0 saturated heterocycles. The quantitative estimate of drug-likeness (QED) is 0.215. The van der Waals surface area contributed by atoms with Crippen LogP contribution in [0.25, 0.3) is 11.0 Å². The third-order valence-corrected chi connectivity index (χ3v) is 6.38. The van der Waals surface area contributed by atoms with Gasteiger partial charge < -0.3 is 9.79 Å². The van der Waals surface area contributed by atoms with Crippen molar-refractivity contribution >= 4 is 77.7 Å². The molecule has 3 aromatic carbocycles. The normalized spacial score (nSPS) is 13.1. The predicted octanol–water partition coefficient (Wildman–Crippen LogP) is 4.21. The fourth-order valence-electron chi connectivity index (χ4n) is 3.59. The Bertz CT molecular complexity index is 1360. The van der Waals surface area contributed by atoms with Crippen LogP contribution in [0.2, 0.25) is 0 Å². The first-order valence-corrected chi connectivity index (χ1v) is 11.5. The average molecular weight is 545 g/mol. The van der Waals surface area contributed by atoms with E-state index in [0.717, 1.165) is 24.3 Å².